The SMILES string of the molecule is O=C(CC1Sc2ccccc2NC1=O)NCC#Cc1ccccc1. The molecule has 0 saturated carbocycles. The van der Waals surface area contributed by atoms with Crippen molar-refractivity contribution in [3.8, 4) is 11.8 Å². The second-order valence-electron chi connectivity index (χ2n) is 5.24. The molecule has 2 aromatic rings. The van der Waals surface area contributed by atoms with Crippen LogP contribution in [0.2, 0.25) is 0 Å². The normalized spacial score (nSPS) is 15.5. The Labute approximate surface area is 145 Å². The summed E-state index contributed by atoms with van der Waals surface area (Å²) in [6.45, 7) is 0.267. The van der Waals surface area contributed by atoms with Crippen LogP contribution in [0.5, 0.6) is 0 Å². The van der Waals surface area contributed by atoms with Crippen molar-refractivity contribution in [3.63, 3.8) is 0 Å². The molecule has 4 nitrogen and oxygen atoms in total. The van der Waals surface area contributed by atoms with E-state index in [1.807, 2.05) is 54.6 Å². The van der Waals surface area contributed by atoms with Gasteiger partial charge in [0, 0.05) is 16.9 Å². The Morgan fingerprint density at radius 2 is 1.88 bits per heavy atom. The van der Waals surface area contributed by atoms with Crippen molar-refractivity contribution in [2.75, 3.05) is 11.9 Å². The second kappa shape index (κ2) is 7.71. The van der Waals surface area contributed by atoms with Gasteiger partial charge < -0.3 is 10.6 Å². The Balaban J connectivity index is 1.51. The van der Waals surface area contributed by atoms with Crippen molar-refractivity contribution in [1.29, 1.82) is 0 Å². The van der Waals surface area contributed by atoms with Gasteiger partial charge in [-0.2, -0.15) is 0 Å². The number of anilines is 1. The van der Waals surface area contributed by atoms with Gasteiger partial charge in [0.25, 0.3) is 0 Å². The van der Waals surface area contributed by atoms with E-state index in [-0.39, 0.29) is 24.8 Å². The Kier molecular flexibility index (Phi) is 5.19. The van der Waals surface area contributed by atoms with E-state index >= 15 is 0 Å². The molecule has 0 aliphatic carbocycles. The molecule has 1 heterocycles. The molecule has 1 aliphatic rings. The Hall–Kier alpha value is -2.71. The van der Waals surface area contributed by atoms with Crippen LogP contribution in [-0.2, 0) is 9.59 Å². The third-order valence-corrected chi connectivity index (χ3v) is 4.73. The Bertz CT molecular complexity index is 809. The third-order valence-electron chi connectivity index (χ3n) is 3.46. The van der Waals surface area contributed by atoms with Crippen molar-refractivity contribution in [2.45, 2.75) is 16.6 Å². The predicted molar refractivity (Wildman–Crippen MR) is 95.7 cm³/mol. The highest BCUT2D eigenvalue weighted by Gasteiger charge is 2.28. The maximum atomic E-state index is 12.1. The van der Waals surface area contributed by atoms with Crippen LogP contribution in [0, 0.1) is 11.8 Å². The van der Waals surface area contributed by atoms with E-state index in [4.69, 9.17) is 0 Å². The van der Waals surface area contributed by atoms with E-state index in [0.29, 0.717) is 0 Å². The summed E-state index contributed by atoms with van der Waals surface area (Å²) in [6, 6.07) is 17.2. The molecular formula is C19H16N2O2S. The third kappa shape index (κ3) is 4.18. The molecule has 0 aromatic heterocycles. The molecule has 0 fully saturated rings. The molecule has 1 atom stereocenters. The zero-order valence-corrected chi connectivity index (χ0v) is 13.7. The standard InChI is InChI=1S/C19H16N2O2S/c22-18(20-12-6-9-14-7-2-1-3-8-14)13-17-19(23)21-15-10-4-5-11-16(15)24-17/h1-5,7-8,10-11,17H,12-13H2,(H,20,22)(H,21,23). The molecule has 5 heteroatoms. The highest BCUT2D eigenvalue weighted by molar-refractivity contribution is 8.01. The first-order valence-corrected chi connectivity index (χ1v) is 8.47. The number of amides is 2. The van der Waals surface area contributed by atoms with Crippen LogP contribution in [0.1, 0.15) is 12.0 Å². The average Bonchev–Trinajstić information content (AvgIpc) is 2.60. The fourth-order valence-electron chi connectivity index (χ4n) is 2.28. The van der Waals surface area contributed by atoms with Gasteiger partial charge in [-0.3, -0.25) is 9.59 Å². The molecule has 120 valence electrons. The minimum atomic E-state index is -0.415. The highest BCUT2D eigenvalue weighted by Crippen LogP contribution is 2.36. The fraction of sp³-hybridized carbons (Fsp3) is 0.158. The van der Waals surface area contributed by atoms with Crippen LogP contribution in [0.15, 0.2) is 59.5 Å². The van der Waals surface area contributed by atoms with Crippen LogP contribution < -0.4 is 10.6 Å². The molecular weight excluding hydrogens is 320 g/mol. The molecule has 0 bridgehead atoms. The summed E-state index contributed by atoms with van der Waals surface area (Å²) in [5.74, 6) is 5.57. The molecule has 3 rings (SSSR count). The van der Waals surface area contributed by atoms with Crippen LogP contribution >= 0.6 is 11.8 Å². The Morgan fingerprint density at radius 3 is 2.71 bits per heavy atom. The van der Waals surface area contributed by atoms with Gasteiger partial charge in [-0.25, -0.2) is 0 Å². The maximum Gasteiger partial charge on any atom is 0.238 e. The van der Waals surface area contributed by atoms with Crippen molar-refractivity contribution < 1.29 is 9.59 Å². The monoisotopic (exact) mass is 336 g/mol. The van der Waals surface area contributed by atoms with Crippen molar-refractivity contribution in [3.05, 3.63) is 60.2 Å². The van der Waals surface area contributed by atoms with Gasteiger partial charge in [-0.15, -0.1) is 11.8 Å². The number of benzene rings is 2. The van der Waals surface area contributed by atoms with E-state index in [2.05, 4.69) is 22.5 Å². The number of carbonyl (C=O) groups excluding carboxylic acids is 2. The second-order valence-corrected chi connectivity index (χ2v) is 6.49. The van der Waals surface area contributed by atoms with Gasteiger partial charge in [0.15, 0.2) is 0 Å². The Morgan fingerprint density at radius 1 is 1.12 bits per heavy atom. The maximum absolute atomic E-state index is 12.1. The summed E-state index contributed by atoms with van der Waals surface area (Å²) in [5.41, 5.74) is 1.71. The molecule has 0 spiro atoms. The molecule has 0 saturated heterocycles. The van der Waals surface area contributed by atoms with Gasteiger partial charge in [0.1, 0.15) is 0 Å². The summed E-state index contributed by atoms with van der Waals surface area (Å²) < 4.78 is 0. The summed E-state index contributed by atoms with van der Waals surface area (Å²) in [6.07, 6.45) is 0.137. The minimum Gasteiger partial charge on any atom is -0.345 e. The number of hydrogen-bond donors (Lipinski definition) is 2. The number of thioether (sulfide) groups is 1. The van der Waals surface area contributed by atoms with Crippen molar-refractivity contribution in [1.82, 2.24) is 5.32 Å². The lowest BCUT2D eigenvalue weighted by Crippen LogP contribution is -2.35. The number of nitrogens with one attached hydrogen (secondary N) is 2. The predicted octanol–water partition coefficient (Wildman–Crippen LogP) is 2.66. The summed E-state index contributed by atoms with van der Waals surface area (Å²) >= 11 is 1.42. The number of para-hydroxylation sites is 1. The summed E-state index contributed by atoms with van der Waals surface area (Å²) in [7, 11) is 0. The van der Waals surface area contributed by atoms with E-state index in [9.17, 15) is 9.59 Å². The zero-order chi connectivity index (χ0) is 16.8. The van der Waals surface area contributed by atoms with E-state index < -0.39 is 5.25 Å². The van der Waals surface area contributed by atoms with Crippen LogP contribution in [-0.4, -0.2) is 23.6 Å². The smallest absolute Gasteiger partial charge is 0.238 e. The summed E-state index contributed by atoms with van der Waals surface area (Å²) in [4.78, 5) is 25.1. The van der Waals surface area contributed by atoms with Gasteiger partial charge >= 0.3 is 0 Å². The highest BCUT2D eigenvalue weighted by atomic mass is 32.2. The molecule has 2 N–H and O–H groups in total. The van der Waals surface area contributed by atoms with Gasteiger partial charge in [0.05, 0.1) is 17.5 Å². The van der Waals surface area contributed by atoms with Crippen LogP contribution in [0.3, 0.4) is 0 Å². The van der Waals surface area contributed by atoms with E-state index in [1.165, 1.54) is 11.8 Å². The minimum absolute atomic E-state index is 0.135. The molecule has 1 unspecified atom stereocenters. The van der Waals surface area contributed by atoms with Gasteiger partial charge in [0.2, 0.25) is 11.8 Å². The lowest BCUT2D eigenvalue weighted by molar-refractivity contribution is -0.123. The number of rotatable bonds is 3. The van der Waals surface area contributed by atoms with Crippen molar-refractivity contribution in [2.24, 2.45) is 0 Å². The largest absolute Gasteiger partial charge is 0.345 e. The first-order valence-electron chi connectivity index (χ1n) is 7.59. The molecule has 2 amide bonds. The van der Waals surface area contributed by atoms with Crippen LogP contribution in [0.25, 0.3) is 0 Å². The molecule has 24 heavy (non-hydrogen) atoms. The lowest BCUT2D eigenvalue weighted by Gasteiger charge is -2.23. The number of hydrogen-bond acceptors (Lipinski definition) is 3. The topological polar surface area (TPSA) is 58.2 Å². The van der Waals surface area contributed by atoms with Gasteiger partial charge in [-0.1, -0.05) is 42.2 Å². The number of carbonyl (C=O) groups is 2. The van der Waals surface area contributed by atoms with E-state index in [0.717, 1.165) is 16.1 Å². The van der Waals surface area contributed by atoms with Crippen LogP contribution in [0.4, 0.5) is 5.69 Å². The summed E-state index contributed by atoms with van der Waals surface area (Å²) in [5, 5.41) is 5.16. The first kappa shape index (κ1) is 16.2. The average molecular weight is 336 g/mol. The molecule has 1 aliphatic heterocycles. The zero-order valence-electron chi connectivity index (χ0n) is 12.9. The van der Waals surface area contributed by atoms with Crippen molar-refractivity contribution >= 4 is 29.3 Å². The van der Waals surface area contributed by atoms with Gasteiger partial charge in [-0.05, 0) is 24.3 Å². The first-order chi connectivity index (χ1) is 11.7. The fourth-order valence-corrected chi connectivity index (χ4v) is 3.39. The van der Waals surface area contributed by atoms with E-state index in [1.54, 1.807) is 0 Å². The number of fused-ring (bicyclic) bond motifs is 1. The lowest BCUT2D eigenvalue weighted by atomic mass is 10.2. The molecule has 0 radical (unpaired) electrons. The molecule has 2 aromatic carbocycles. The quantitative estimate of drug-likeness (QED) is 0.847.